The second kappa shape index (κ2) is 5.50. The highest BCUT2D eigenvalue weighted by molar-refractivity contribution is 9.10. The van der Waals surface area contributed by atoms with E-state index < -0.39 is 5.97 Å². The summed E-state index contributed by atoms with van der Waals surface area (Å²) in [6.07, 6.45) is 6.83. The lowest BCUT2D eigenvalue weighted by Crippen LogP contribution is -2.24. The fourth-order valence-corrected chi connectivity index (χ4v) is 1.85. The number of ether oxygens (including phenoxy) is 1. The molecule has 2 aromatic heterocycles. The van der Waals surface area contributed by atoms with Crippen molar-refractivity contribution in [1.29, 1.82) is 0 Å². The molecular weight excluding hydrogens is 330 g/mol. The van der Waals surface area contributed by atoms with Crippen molar-refractivity contribution in [3.63, 3.8) is 0 Å². The molecule has 0 saturated carbocycles. The topological polar surface area (TPSA) is 56.5 Å². The number of thioether (sulfide) groups is 1. The van der Waals surface area contributed by atoms with Gasteiger partial charge in [0.05, 0.1) is 10.7 Å². The molecule has 0 saturated heterocycles. The Morgan fingerprint density at radius 1 is 1.53 bits per heavy atom. The van der Waals surface area contributed by atoms with E-state index in [1.807, 2.05) is 20.1 Å². The van der Waals surface area contributed by atoms with Crippen molar-refractivity contribution in [3.05, 3.63) is 28.6 Å². The zero-order valence-electron chi connectivity index (χ0n) is 10.9. The van der Waals surface area contributed by atoms with Crippen LogP contribution in [-0.4, -0.2) is 38.2 Å². The van der Waals surface area contributed by atoms with E-state index in [9.17, 15) is 4.79 Å². The molecule has 0 aliphatic carbocycles. The third kappa shape index (κ3) is 3.27. The maximum absolute atomic E-state index is 12.0. The van der Waals surface area contributed by atoms with E-state index in [0.717, 1.165) is 4.47 Å². The van der Waals surface area contributed by atoms with Gasteiger partial charge in [0.1, 0.15) is 12.2 Å². The van der Waals surface area contributed by atoms with E-state index in [0.29, 0.717) is 17.8 Å². The predicted octanol–water partition coefficient (Wildman–Crippen LogP) is 2.79. The van der Waals surface area contributed by atoms with E-state index in [1.165, 1.54) is 6.20 Å². The molecule has 7 heteroatoms. The SMILES string of the molecule is CSC(C)(C)COC(=O)c1cnn2cc(Br)cnc12. The van der Waals surface area contributed by atoms with Gasteiger partial charge in [0.25, 0.3) is 0 Å². The molecule has 2 aromatic rings. The van der Waals surface area contributed by atoms with Crippen LogP contribution in [0.5, 0.6) is 0 Å². The van der Waals surface area contributed by atoms with Crippen LogP contribution in [0.2, 0.25) is 0 Å². The van der Waals surface area contributed by atoms with Gasteiger partial charge in [0.15, 0.2) is 5.65 Å². The highest BCUT2D eigenvalue weighted by Crippen LogP contribution is 2.22. The number of carbonyl (C=O) groups is 1. The first-order valence-corrected chi connectivity index (χ1v) is 7.66. The minimum atomic E-state index is -0.396. The molecule has 102 valence electrons. The maximum Gasteiger partial charge on any atom is 0.343 e. The zero-order chi connectivity index (χ0) is 14.0. The second-order valence-corrected chi connectivity index (χ2v) is 7.07. The van der Waals surface area contributed by atoms with Gasteiger partial charge < -0.3 is 4.74 Å². The van der Waals surface area contributed by atoms with Gasteiger partial charge in [-0.15, -0.1) is 0 Å². The smallest absolute Gasteiger partial charge is 0.343 e. The fourth-order valence-electron chi connectivity index (χ4n) is 1.37. The molecule has 0 fully saturated rings. The summed E-state index contributed by atoms with van der Waals surface area (Å²) in [5, 5.41) is 4.08. The summed E-state index contributed by atoms with van der Waals surface area (Å²) in [5.41, 5.74) is 0.875. The summed E-state index contributed by atoms with van der Waals surface area (Å²) < 4.78 is 7.55. The van der Waals surface area contributed by atoms with Gasteiger partial charge in [-0.05, 0) is 36.0 Å². The van der Waals surface area contributed by atoms with E-state index in [-0.39, 0.29) is 4.75 Å². The number of aromatic nitrogens is 3. The molecule has 0 radical (unpaired) electrons. The first kappa shape index (κ1) is 14.3. The molecule has 0 N–H and O–H groups in total. The Morgan fingerprint density at radius 2 is 2.26 bits per heavy atom. The highest BCUT2D eigenvalue weighted by Gasteiger charge is 2.21. The predicted molar refractivity (Wildman–Crippen MR) is 78.6 cm³/mol. The normalized spacial score (nSPS) is 11.8. The van der Waals surface area contributed by atoms with Gasteiger partial charge in [-0.3, -0.25) is 0 Å². The quantitative estimate of drug-likeness (QED) is 0.799. The van der Waals surface area contributed by atoms with Crippen LogP contribution in [0.1, 0.15) is 24.2 Å². The minimum absolute atomic E-state index is 0.102. The Kier molecular flexibility index (Phi) is 4.15. The first-order valence-electron chi connectivity index (χ1n) is 5.64. The molecule has 0 amide bonds. The van der Waals surface area contributed by atoms with E-state index in [1.54, 1.807) is 28.7 Å². The third-order valence-electron chi connectivity index (χ3n) is 2.65. The van der Waals surface area contributed by atoms with Crippen molar-refractivity contribution in [2.45, 2.75) is 18.6 Å². The average Bonchev–Trinajstić information content (AvgIpc) is 2.79. The summed E-state index contributed by atoms with van der Waals surface area (Å²) in [5.74, 6) is -0.396. The van der Waals surface area contributed by atoms with Crippen LogP contribution in [0, 0.1) is 0 Å². The Hall–Kier alpha value is -1.08. The van der Waals surface area contributed by atoms with Crippen LogP contribution < -0.4 is 0 Å². The highest BCUT2D eigenvalue weighted by atomic mass is 79.9. The lowest BCUT2D eigenvalue weighted by atomic mass is 10.2. The molecule has 2 rings (SSSR count). The second-order valence-electron chi connectivity index (χ2n) is 4.64. The monoisotopic (exact) mass is 343 g/mol. The molecule has 0 spiro atoms. The van der Waals surface area contributed by atoms with Crippen LogP contribution in [0.15, 0.2) is 23.1 Å². The molecule has 0 aliphatic heterocycles. The Morgan fingerprint density at radius 3 is 2.95 bits per heavy atom. The van der Waals surface area contributed by atoms with Gasteiger partial charge >= 0.3 is 5.97 Å². The number of fused-ring (bicyclic) bond motifs is 1. The van der Waals surface area contributed by atoms with Crippen molar-refractivity contribution in [3.8, 4) is 0 Å². The third-order valence-corrected chi connectivity index (χ3v) is 4.28. The van der Waals surface area contributed by atoms with Gasteiger partial charge in [-0.1, -0.05) is 0 Å². The summed E-state index contributed by atoms with van der Waals surface area (Å²) in [4.78, 5) is 16.2. The lowest BCUT2D eigenvalue weighted by molar-refractivity contribution is 0.0480. The fraction of sp³-hybridized carbons (Fsp3) is 0.417. The van der Waals surface area contributed by atoms with Gasteiger partial charge in [-0.2, -0.15) is 16.9 Å². The number of hydrogen-bond acceptors (Lipinski definition) is 5. The molecule has 0 bridgehead atoms. The number of nitrogens with zero attached hydrogens (tertiary/aromatic N) is 3. The Balaban J connectivity index is 2.18. The van der Waals surface area contributed by atoms with Crippen molar-refractivity contribution >= 4 is 39.3 Å². The van der Waals surface area contributed by atoms with E-state index >= 15 is 0 Å². The van der Waals surface area contributed by atoms with Gasteiger partial charge in [0, 0.05) is 17.1 Å². The van der Waals surface area contributed by atoms with Crippen LogP contribution in [-0.2, 0) is 4.74 Å². The van der Waals surface area contributed by atoms with Crippen LogP contribution in [0.25, 0.3) is 5.65 Å². The Bertz CT molecular complexity index is 612. The molecule has 2 heterocycles. The largest absolute Gasteiger partial charge is 0.460 e. The number of hydrogen-bond donors (Lipinski definition) is 0. The minimum Gasteiger partial charge on any atom is -0.460 e. The van der Waals surface area contributed by atoms with E-state index in [4.69, 9.17) is 4.74 Å². The van der Waals surface area contributed by atoms with Crippen molar-refractivity contribution < 1.29 is 9.53 Å². The molecule has 0 atom stereocenters. The lowest BCUT2D eigenvalue weighted by Gasteiger charge is -2.20. The first-order chi connectivity index (χ1) is 8.93. The molecule has 0 aliphatic rings. The summed E-state index contributed by atoms with van der Waals surface area (Å²) in [6, 6.07) is 0. The summed E-state index contributed by atoms with van der Waals surface area (Å²) in [7, 11) is 0. The number of halogens is 1. The number of carbonyl (C=O) groups excluding carboxylic acids is 1. The zero-order valence-corrected chi connectivity index (χ0v) is 13.3. The standard InChI is InChI=1S/C12H14BrN3O2S/c1-12(2,19-3)7-18-11(17)9-5-15-16-6-8(13)4-14-10(9)16/h4-6H,7H2,1-3H3. The van der Waals surface area contributed by atoms with Gasteiger partial charge in [0.2, 0.25) is 0 Å². The molecule has 0 aromatic carbocycles. The van der Waals surface area contributed by atoms with Crippen LogP contribution in [0.4, 0.5) is 0 Å². The van der Waals surface area contributed by atoms with Crippen molar-refractivity contribution in [2.75, 3.05) is 12.9 Å². The summed E-state index contributed by atoms with van der Waals surface area (Å²) in [6.45, 7) is 4.40. The van der Waals surface area contributed by atoms with Crippen molar-refractivity contribution in [2.24, 2.45) is 0 Å². The summed E-state index contributed by atoms with van der Waals surface area (Å²) >= 11 is 4.95. The van der Waals surface area contributed by atoms with Gasteiger partial charge in [-0.25, -0.2) is 14.3 Å². The Labute approximate surface area is 123 Å². The maximum atomic E-state index is 12.0. The molecule has 5 nitrogen and oxygen atoms in total. The molecule has 0 unspecified atom stereocenters. The average molecular weight is 344 g/mol. The molecular formula is C12H14BrN3O2S. The van der Waals surface area contributed by atoms with Crippen molar-refractivity contribution in [1.82, 2.24) is 14.6 Å². The molecule has 19 heavy (non-hydrogen) atoms. The van der Waals surface area contributed by atoms with E-state index in [2.05, 4.69) is 26.0 Å². The number of rotatable bonds is 4. The number of esters is 1. The van der Waals surface area contributed by atoms with Crippen LogP contribution in [0.3, 0.4) is 0 Å². The van der Waals surface area contributed by atoms with Crippen LogP contribution >= 0.6 is 27.7 Å².